The number of halogens is 1. The lowest BCUT2D eigenvalue weighted by molar-refractivity contribution is 0.223. The summed E-state index contributed by atoms with van der Waals surface area (Å²) in [5.74, 6) is 1.61. The van der Waals surface area contributed by atoms with Crippen LogP contribution in [0.1, 0.15) is 25.0 Å². The number of alkyl halides is 1. The molecule has 0 aliphatic rings. The van der Waals surface area contributed by atoms with Gasteiger partial charge in [-0.2, -0.15) is 0 Å². The first-order valence-electron chi connectivity index (χ1n) is 6.02. The average molecular weight is 256 g/mol. The number of aryl methyl sites for hydroxylation is 1. The van der Waals surface area contributed by atoms with Crippen LogP contribution in [-0.2, 0) is 6.54 Å². The lowest BCUT2D eigenvalue weighted by Gasteiger charge is -2.26. The molecule has 0 radical (unpaired) electrons. The van der Waals surface area contributed by atoms with E-state index in [0.29, 0.717) is 11.9 Å². The Kier molecular flexibility index (Phi) is 5.79. The van der Waals surface area contributed by atoms with E-state index in [9.17, 15) is 0 Å². The molecule has 0 aromatic heterocycles. The molecule has 0 N–H and O–H groups in total. The van der Waals surface area contributed by atoms with Crippen LogP contribution >= 0.6 is 11.6 Å². The van der Waals surface area contributed by atoms with E-state index < -0.39 is 0 Å². The first kappa shape index (κ1) is 14.3. The molecular formula is C14H22ClNO. The van der Waals surface area contributed by atoms with E-state index in [1.54, 1.807) is 7.11 Å². The number of nitrogens with zero attached hydrogens (tertiary/aromatic N) is 1. The summed E-state index contributed by atoms with van der Waals surface area (Å²) in [6, 6.07) is 6.77. The van der Waals surface area contributed by atoms with E-state index in [4.69, 9.17) is 16.3 Å². The van der Waals surface area contributed by atoms with E-state index >= 15 is 0 Å². The molecule has 96 valence electrons. The number of methoxy groups -OCH3 is 1. The van der Waals surface area contributed by atoms with Crippen molar-refractivity contribution in [1.29, 1.82) is 0 Å². The Bertz CT molecular complexity index is 352. The highest BCUT2D eigenvalue weighted by Crippen LogP contribution is 2.22. The second kappa shape index (κ2) is 6.87. The van der Waals surface area contributed by atoms with E-state index in [0.717, 1.165) is 18.8 Å². The molecular weight excluding hydrogens is 234 g/mol. The highest BCUT2D eigenvalue weighted by Gasteiger charge is 2.12. The van der Waals surface area contributed by atoms with Crippen LogP contribution in [0.3, 0.4) is 0 Å². The fourth-order valence-electron chi connectivity index (χ4n) is 1.88. The second-order valence-electron chi connectivity index (χ2n) is 4.57. The zero-order valence-electron chi connectivity index (χ0n) is 11.2. The lowest BCUT2D eigenvalue weighted by Crippen LogP contribution is -2.32. The van der Waals surface area contributed by atoms with Gasteiger partial charge in [0.25, 0.3) is 0 Å². The van der Waals surface area contributed by atoms with Crippen molar-refractivity contribution >= 4 is 11.6 Å². The predicted octanol–water partition coefficient (Wildman–Crippen LogP) is 3.45. The van der Waals surface area contributed by atoms with Crippen molar-refractivity contribution in [3.8, 4) is 5.75 Å². The van der Waals surface area contributed by atoms with Gasteiger partial charge in [-0.15, -0.1) is 11.6 Å². The first-order chi connectivity index (χ1) is 8.08. The molecule has 0 unspecified atom stereocenters. The van der Waals surface area contributed by atoms with Crippen molar-refractivity contribution in [3.63, 3.8) is 0 Å². The molecule has 2 nitrogen and oxygen atoms in total. The van der Waals surface area contributed by atoms with Crippen molar-refractivity contribution in [2.45, 2.75) is 33.4 Å². The van der Waals surface area contributed by atoms with Crippen molar-refractivity contribution in [2.24, 2.45) is 0 Å². The number of hydrogen-bond donors (Lipinski definition) is 0. The third-order valence-electron chi connectivity index (χ3n) is 2.91. The van der Waals surface area contributed by atoms with E-state index in [1.165, 1.54) is 11.1 Å². The van der Waals surface area contributed by atoms with Crippen molar-refractivity contribution < 1.29 is 4.74 Å². The van der Waals surface area contributed by atoms with E-state index in [1.807, 2.05) is 6.07 Å². The van der Waals surface area contributed by atoms with Gasteiger partial charge >= 0.3 is 0 Å². The zero-order valence-corrected chi connectivity index (χ0v) is 11.9. The number of rotatable bonds is 6. The molecule has 0 saturated heterocycles. The number of ether oxygens (including phenoxy) is 1. The van der Waals surface area contributed by atoms with Gasteiger partial charge in [0.1, 0.15) is 5.75 Å². The molecule has 0 saturated carbocycles. The molecule has 0 heterocycles. The van der Waals surface area contributed by atoms with Crippen LogP contribution in [-0.4, -0.2) is 30.5 Å². The van der Waals surface area contributed by atoms with Gasteiger partial charge in [0.2, 0.25) is 0 Å². The third-order valence-corrected chi connectivity index (χ3v) is 3.08. The molecule has 0 amide bonds. The van der Waals surface area contributed by atoms with Crippen molar-refractivity contribution in [2.75, 3.05) is 19.5 Å². The smallest absolute Gasteiger partial charge is 0.123 e. The van der Waals surface area contributed by atoms with Crippen LogP contribution in [0.15, 0.2) is 18.2 Å². The molecule has 0 aliphatic carbocycles. The Labute approximate surface area is 110 Å². The Morgan fingerprint density at radius 3 is 2.59 bits per heavy atom. The molecule has 3 heteroatoms. The molecule has 1 rings (SSSR count). The van der Waals surface area contributed by atoms with Gasteiger partial charge in [0, 0.05) is 30.6 Å². The summed E-state index contributed by atoms with van der Waals surface area (Å²) in [4.78, 5) is 2.35. The molecule has 0 atom stereocenters. The van der Waals surface area contributed by atoms with E-state index in [2.05, 4.69) is 37.8 Å². The summed E-state index contributed by atoms with van der Waals surface area (Å²) < 4.78 is 5.40. The molecule has 0 aliphatic heterocycles. The second-order valence-corrected chi connectivity index (χ2v) is 4.95. The number of hydrogen-bond acceptors (Lipinski definition) is 2. The molecule has 0 bridgehead atoms. The fraction of sp³-hybridized carbons (Fsp3) is 0.571. The monoisotopic (exact) mass is 255 g/mol. The Hall–Kier alpha value is -0.730. The van der Waals surface area contributed by atoms with Crippen LogP contribution < -0.4 is 4.74 Å². The molecule has 0 spiro atoms. The van der Waals surface area contributed by atoms with Crippen LogP contribution in [0, 0.1) is 6.92 Å². The quantitative estimate of drug-likeness (QED) is 0.722. The van der Waals surface area contributed by atoms with Gasteiger partial charge in [0.05, 0.1) is 7.11 Å². The van der Waals surface area contributed by atoms with Crippen LogP contribution in [0.2, 0.25) is 0 Å². The normalized spacial score (nSPS) is 11.2. The van der Waals surface area contributed by atoms with Crippen LogP contribution in [0.5, 0.6) is 5.75 Å². The SMILES string of the molecule is COc1ccc(C)cc1CN(CCCl)C(C)C. The van der Waals surface area contributed by atoms with Gasteiger partial charge in [-0.3, -0.25) is 4.90 Å². The van der Waals surface area contributed by atoms with E-state index in [-0.39, 0.29) is 0 Å². The molecule has 0 fully saturated rings. The van der Waals surface area contributed by atoms with Gasteiger partial charge in [-0.1, -0.05) is 17.7 Å². The molecule has 1 aromatic rings. The zero-order chi connectivity index (χ0) is 12.8. The maximum Gasteiger partial charge on any atom is 0.123 e. The first-order valence-corrected chi connectivity index (χ1v) is 6.55. The average Bonchev–Trinajstić information content (AvgIpc) is 2.28. The van der Waals surface area contributed by atoms with Gasteiger partial charge in [-0.05, 0) is 26.8 Å². The minimum absolute atomic E-state index is 0.485. The summed E-state index contributed by atoms with van der Waals surface area (Å²) in [5, 5.41) is 0. The molecule has 1 aromatic carbocycles. The van der Waals surface area contributed by atoms with Crippen molar-refractivity contribution in [1.82, 2.24) is 4.90 Å². The Morgan fingerprint density at radius 2 is 2.06 bits per heavy atom. The third kappa shape index (κ3) is 4.21. The largest absolute Gasteiger partial charge is 0.496 e. The summed E-state index contributed by atoms with van der Waals surface area (Å²) in [7, 11) is 1.72. The summed E-state index contributed by atoms with van der Waals surface area (Å²) in [6.45, 7) is 8.26. The summed E-state index contributed by atoms with van der Waals surface area (Å²) in [6.07, 6.45) is 0. The maximum absolute atomic E-state index is 5.84. The topological polar surface area (TPSA) is 12.5 Å². The summed E-state index contributed by atoms with van der Waals surface area (Å²) >= 11 is 5.84. The van der Waals surface area contributed by atoms with Gasteiger partial charge in [0.15, 0.2) is 0 Å². The minimum atomic E-state index is 0.485. The summed E-state index contributed by atoms with van der Waals surface area (Å²) in [5.41, 5.74) is 2.49. The molecule has 17 heavy (non-hydrogen) atoms. The lowest BCUT2D eigenvalue weighted by atomic mass is 10.1. The highest BCUT2D eigenvalue weighted by molar-refractivity contribution is 6.18. The maximum atomic E-state index is 5.84. The van der Waals surface area contributed by atoms with Gasteiger partial charge in [-0.25, -0.2) is 0 Å². The van der Waals surface area contributed by atoms with Crippen molar-refractivity contribution in [3.05, 3.63) is 29.3 Å². The van der Waals surface area contributed by atoms with Gasteiger partial charge < -0.3 is 4.74 Å². The van der Waals surface area contributed by atoms with Crippen LogP contribution in [0.25, 0.3) is 0 Å². The Balaban J connectivity index is 2.87. The fourth-order valence-corrected chi connectivity index (χ4v) is 2.10. The minimum Gasteiger partial charge on any atom is -0.496 e. The predicted molar refractivity (Wildman–Crippen MR) is 74.0 cm³/mol. The Morgan fingerprint density at radius 1 is 1.35 bits per heavy atom. The van der Waals surface area contributed by atoms with Crippen LogP contribution in [0.4, 0.5) is 0 Å². The standard InChI is InChI=1S/C14H22ClNO/c1-11(2)16(8-7-15)10-13-9-12(3)5-6-14(13)17-4/h5-6,9,11H,7-8,10H2,1-4H3. The number of benzene rings is 1. The highest BCUT2D eigenvalue weighted by atomic mass is 35.5.